The van der Waals surface area contributed by atoms with E-state index in [1.165, 1.54) is 0 Å². The number of pyridine rings is 1. The summed E-state index contributed by atoms with van der Waals surface area (Å²) in [7, 11) is 0. The van der Waals surface area contributed by atoms with Crippen molar-refractivity contribution in [1.29, 1.82) is 0 Å². The number of aliphatic hydroxyl groups excluding tert-OH is 1. The number of aliphatic hydroxyl groups is 1. The van der Waals surface area contributed by atoms with E-state index in [-0.39, 0.29) is 12.3 Å². The summed E-state index contributed by atoms with van der Waals surface area (Å²) < 4.78 is 0. The maximum absolute atomic E-state index is 14.4. The van der Waals surface area contributed by atoms with E-state index in [1.54, 1.807) is 18.3 Å². The Labute approximate surface area is 226 Å². The van der Waals surface area contributed by atoms with Crippen LogP contribution in [0.25, 0.3) is 0 Å². The molecule has 7 heteroatoms. The molecule has 1 heterocycles. The zero-order valence-corrected chi connectivity index (χ0v) is 22.7. The Morgan fingerprint density at radius 1 is 1.11 bits per heavy atom. The lowest BCUT2D eigenvalue weighted by Gasteiger charge is -2.44. The van der Waals surface area contributed by atoms with Gasteiger partial charge in [0.2, 0.25) is 11.8 Å². The van der Waals surface area contributed by atoms with Gasteiger partial charge >= 0.3 is 0 Å². The third-order valence-electron chi connectivity index (χ3n) is 7.23. The molecule has 0 aliphatic heterocycles. The van der Waals surface area contributed by atoms with Crippen molar-refractivity contribution in [2.45, 2.75) is 52.1 Å². The Morgan fingerprint density at radius 2 is 1.82 bits per heavy atom. The summed E-state index contributed by atoms with van der Waals surface area (Å²) in [6.45, 7) is 6.30. The molecule has 1 unspecified atom stereocenters. The highest BCUT2D eigenvalue weighted by atomic mass is 16.3. The fourth-order valence-corrected chi connectivity index (χ4v) is 5.33. The Bertz CT molecular complexity index is 1080. The van der Waals surface area contributed by atoms with E-state index in [0.29, 0.717) is 38.2 Å². The number of hydrogen-bond donors (Lipinski definition) is 3. The van der Waals surface area contributed by atoms with Crippen LogP contribution in [0.3, 0.4) is 0 Å². The van der Waals surface area contributed by atoms with Crippen LogP contribution < -0.4 is 11.1 Å². The fourth-order valence-electron chi connectivity index (χ4n) is 5.33. The first-order valence-corrected chi connectivity index (χ1v) is 13.7. The first kappa shape index (κ1) is 29.3. The molecule has 1 aromatic heterocycles. The van der Waals surface area contributed by atoms with Gasteiger partial charge < -0.3 is 21.1 Å². The number of carbonyl (C=O) groups is 2. The van der Waals surface area contributed by atoms with Gasteiger partial charge in [0.25, 0.3) is 0 Å². The van der Waals surface area contributed by atoms with Crippen LogP contribution in [0.1, 0.15) is 44.4 Å². The minimum absolute atomic E-state index is 0.0576. The molecule has 2 amide bonds. The summed E-state index contributed by atoms with van der Waals surface area (Å²) in [5.74, 6) is -1.07. The van der Waals surface area contributed by atoms with Gasteiger partial charge in [0.15, 0.2) is 0 Å². The number of benzene rings is 1. The van der Waals surface area contributed by atoms with E-state index in [4.69, 9.17) is 5.73 Å². The number of nitrogens with zero attached hydrogens (tertiary/aromatic N) is 2. The van der Waals surface area contributed by atoms with Gasteiger partial charge in [-0.3, -0.25) is 14.6 Å². The third-order valence-corrected chi connectivity index (χ3v) is 7.23. The molecule has 3 rings (SSSR count). The minimum Gasteiger partial charge on any atom is -0.391 e. The van der Waals surface area contributed by atoms with Crippen molar-refractivity contribution in [3.8, 4) is 0 Å². The second kappa shape index (κ2) is 14.6. The van der Waals surface area contributed by atoms with Crippen molar-refractivity contribution in [2.75, 3.05) is 26.2 Å². The molecular weight excluding hydrogens is 476 g/mol. The van der Waals surface area contributed by atoms with Gasteiger partial charge in [-0.05, 0) is 43.4 Å². The molecule has 0 saturated carbocycles. The number of hydrogen-bond acceptors (Lipinski definition) is 5. The van der Waals surface area contributed by atoms with E-state index in [2.05, 4.69) is 24.1 Å². The number of allylic oxidation sites excluding steroid dienone is 2. The van der Waals surface area contributed by atoms with Crippen LogP contribution in [0.5, 0.6) is 0 Å². The van der Waals surface area contributed by atoms with E-state index in [1.807, 2.05) is 59.5 Å². The molecule has 4 N–H and O–H groups in total. The molecule has 3 atom stereocenters. The number of nitrogens with one attached hydrogen (secondary N) is 1. The van der Waals surface area contributed by atoms with E-state index in [0.717, 1.165) is 30.5 Å². The first-order chi connectivity index (χ1) is 18.4. The Hall–Kier alpha value is -3.29. The number of aromatic nitrogens is 1. The second-order valence-corrected chi connectivity index (χ2v) is 10.1. The fraction of sp³-hybridized carbons (Fsp3) is 0.452. The third kappa shape index (κ3) is 7.62. The van der Waals surface area contributed by atoms with Gasteiger partial charge in [-0.1, -0.05) is 68.5 Å². The highest BCUT2D eigenvalue weighted by molar-refractivity contribution is 5.95. The lowest BCUT2D eigenvalue weighted by atomic mass is 9.64. The minimum atomic E-state index is -1.10. The molecule has 1 aliphatic rings. The van der Waals surface area contributed by atoms with Crippen LogP contribution in [0.4, 0.5) is 0 Å². The monoisotopic (exact) mass is 518 g/mol. The van der Waals surface area contributed by atoms with E-state index >= 15 is 0 Å². The normalized spacial score (nSPS) is 18.4. The molecule has 0 saturated heterocycles. The van der Waals surface area contributed by atoms with Gasteiger partial charge in [-0.25, -0.2) is 0 Å². The molecule has 0 spiro atoms. The molecule has 2 aromatic rings. The van der Waals surface area contributed by atoms with Crippen LogP contribution in [0, 0.1) is 11.3 Å². The summed E-state index contributed by atoms with van der Waals surface area (Å²) in [4.78, 5) is 32.9. The average molecular weight is 519 g/mol. The largest absolute Gasteiger partial charge is 0.391 e. The maximum atomic E-state index is 14.4. The van der Waals surface area contributed by atoms with Gasteiger partial charge in [0, 0.05) is 56.0 Å². The summed E-state index contributed by atoms with van der Waals surface area (Å²) >= 11 is 0. The zero-order valence-electron chi connectivity index (χ0n) is 22.7. The van der Waals surface area contributed by atoms with Crippen molar-refractivity contribution in [3.05, 3.63) is 89.8 Å². The first-order valence-electron chi connectivity index (χ1n) is 13.7. The van der Waals surface area contributed by atoms with Gasteiger partial charge in [0.1, 0.15) is 0 Å². The van der Waals surface area contributed by atoms with Crippen LogP contribution >= 0.6 is 0 Å². The molecular formula is C31H42N4O3. The van der Waals surface area contributed by atoms with Crippen LogP contribution in [0.15, 0.2) is 78.5 Å². The molecule has 38 heavy (non-hydrogen) atoms. The van der Waals surface area contributed by atoms with E-state index in [9.17, 15) is 14.7 Å². The van der Waals surface area contributed by atoms with Gasteiger partial charge in [-0.2, -0.15) is 0 Å². The van der Waals surface area contributed by atoms with Crippen LogP contribution in [-0.2, 0) is 22.4 Å². The van der Waals surface area contributed by atoms with Crippen molar-refractivity contribution >= 4 is 11.8 Å². The number of rotatable bonds is 15. The number of primary amides is 1. The lowest BCUT2D eigenvalue weighted by Crippen LogP contribution is -2.54. The second-order valence-electron chi connectivity index (χ2n) is 10.1. The van der Waals surface area contributed by atoms with Crippen LogP contribution in [0.2, 0.25) is 0 Å². The smallest absolute Gasteiger partial charge is 0.244 e. The zero-order chi connectivity index (χ0) is 27.4. The molecule has 1 aliphatic carbocycles. The molecule has 0 fully saturated rings. The summed E-state index contributed by atoms with van der Waals surface area (Å²) in [5, 5.41) is 15.0. The Kier molecular flexibility index (Phi) is 11.2. The van der Waals surface area contributed by atoms with Crippen LogP contribution in [-0.4, -0.2) is 59.1 Å². The number of amides is 2. The van der Waals surface area contributed by atoms with E-state index < -0.39 is 23.3 Å². The van der Waals surface area contributed by atoms with Crippen molar-refractivity contribution in [2.24, 2.45) is 17.1 Å². The summed E-state index contributed by atoms with van der Waals surface area (Å²) in [6, 6.07) is 15.7. The highest BCUT2D eigenvalue weighted by Gasteiger charge is 2.49. The van der Waals surface area contributed by atoms with Crippen molar-refractivity contribution in [3.63, 3.8) is 0 Å². The van der Waals surface area contributed by atoms with Crippen molar-refractivity contribution < 1.29 is 14.7 Å². The molecule has 1 aromatic carbocycles. The predicted molar refractivity (Wildman–Crippen MR) is 151 cm³/mol. The summed E-state index contributed by atoms with van der Waals surface area (Å²) in [5.41, 5.74) is 7.03. The molecule has 0 bridgehead atoms. The standard InChI is InChI=1S/C31H42N4O3/c1-3-19-35(20-4-2)30(38)31(16-10-13-25(22-31)29(32)37)27(21-24-11-6-5-7-12-24)28(36)23-33-18-15-26-14-8-9-17-34-26/h5-14,16-17,27-28,33,36H,3-4,15,18-23H2,1-2H3,(H2,32,37)/t27-,28+,31?/m1/s1. The number of nitrogens with two attached hydrogens (primary N) is 1. The Morgan fingerprint density at radius 3 is 2.45 bits per heavy atom. The quantitative estimate of drug-likeness (QED) is 0.313. The average Bonchev–Trinajstić information content (AvgIpc) is 2.94. The number of carbonyl (C=O) groups excluding carboxylic acids is 2. The summed E-state index contributed by atoms with van der Waals surface area (Å²) in [6.07, 6.45) is 9.31. The highest BCUT2D eigenvalue weighted by Crippen LogP contribution is 2.44. The van der Waals surface area contributed by atoms with Crippen molar-refractivity contribution in [1.82, 2.24) is 15.2 Å². The predicted octanol–water partition coefficient (Wildman–Crippen LogP) is 3.44. The molecule has 0 radical (unpaired) electrons. The molecule has 204 valence electrons. The lowest BCUT2D eigenvalue weighted by molar-refractivity contribution is -0.145. The van der Waals surface area contributed by atoms with Gasteiger partial charge in [0.05, 0.1) is 11.5 Å². The Balaban J connectivity index is 1.93. The topological polar surface area (TPSA) is 109 Å². The molecule has 7 nitrogen and oxygen atoms in total. The van der Waals surface area contributed by atoms with Gasteiger partial charge in [-0.15, -0.1) is 0 Å². The maximum Gasteiger partial charge on any atom is 0.244 e. The SMILES string of the molecule is CCCN(CCC)C(=O)C1([C@H](Cc2ccccc2)[C@@H](O)CNCCc2ccccn2)C=CC=C(C(N)=O)C1.